The second kappa shape index (κ2) is 6.33. The molecule has 0 unspecified atom stereocenters. The van der Waals surface area contributed by atoms with Gasteiger partial charge < -0.3 is 9.94 Å². The second-order valence-corrected chi connectivity index (χ2v) is 6.09. The summed E-state index contributed by atoms with van der Waals surface area (Å²) in [5.41, 5.74) is 1.48. The molecular weight excluding hydrogens is 270 g/mol. The zero-order chi connectivity index (χ0) is 14.5. The number of carbonyl (C=O) groups is 1. The van der Waals surface area contributed by atoms with Crippen molar-refractivity contribution in [2.75, 3.05) is 18.6 Å². The molecule has 1 aromatic rings. The molecule has 1 aromatic carbocycles. The van der Waals surface area contributed by atoms with Gasteiger partial charge in [0, 0.05) is 5.56 Å². The number of sulfone groups is 1. The van der Waals surface area contributed by atoms with Crippen LogP contribution in [0.2, 0.25) is 0 Å². The van der Waals surface area contributed by atoms with Crippen LogP contribution >= 0.6 is 0 Å². The number of benzene rings is 1. The minimum atomic E-state index is -3.73. The van der Waals surface area contributed by atoms with Crippen molar-refractivity contribution in [2.24, 2.45) is 5.16 Å². The van der Waals surface area contributed by atoms with Crippen LogP contribution in [0.1, 0.15) is 11.1 Å². The maximum absolute atomic E-state index is 11.7. The molecule has 0 saturated carbocycles. The summed E-state index contributed by atoms with van der Waals surface area (Å²) in [7, 11) is -2.62. The highest BCUT2D eigenvalue weighted by molar-refractivity contribution is 7.92. The van der Waals surface area contributed by atoms with Crippen molar-refractivity contribution < 1.29 is 23.2 Å². The number of nitrogens with zero attached hydrogens (tertiary/aromatic N) is 1. The van der Waals surface area contributed by atoms with Gasteiger partial charge >= 0.3 is 5.97 Å². The van der Waals surface area contributed by atoms with E-state index in [4.69, 9.17) is 5.21 Å². The van der Waals surface area contributed by atoms with Gasteiger partial charge in [-0.05, 0) is 6.92 Å². The molecule has 1 N–H and O–H groups in total. The molecule has 0 saturated heterocycles. The highest BCUT2D eigenvalue weighted by atomic mass is 32.2. The molecule has 0 atom stereocenters. The summed E-state index contributed by atoms with van der Waals surface area (Å²) in [6.07, 6.45) is 0. The van der Waals surface area contributed by atoms with Gasteiger partial charge in [-0.25, -0.2) is 8.42 Å². The standard InChI is InChI=1S/C12H15NO5S/c1-9-3-5-10(6-4-9)11(13-15)7-19(16,17)8-12(14)18-2/h3-6,15H,7-8H2,1-2H3/b13-11-. The quantitative estimate of drug-likeness (QED) is 0.373. The van der Waals surface area contributed by atoms with Gasteiger partial charge in [-0.1, -0.05) is 35.0 Å². The molecule has 0 aliphatic rings. The first-order chi connectivity index (χ1) is 8.88. The predicted octanol–water partition coefficient (Wildman–Crippen LogP) is 0.761. The van der Waals surface area contributed by atoms with Crippen LogP contribution in [-0.2, 0) is 19.4 Å². The highest BCUT2D eigenvalue weighted by Gasteiger charge is 2.21. The molecule has 0 spiro atoms. The average molecular weight is 285 g/mol. The first kappa shape index (κ1) is 15.2. The molecule has 0 aliphatic heterocycles. The van der Waals surface area contributed by atoms with Crippen LogP contribution in [0.3, 0.4) is 0 Å². The third-order valence-corrected chi connectivity index (χ3v) is 3.82. The van der Waals surface area contributed by atoms with Gasteiger partial charge in [-0.3, -0.25) is 4.79 Å². The Balaban J connectivity index is 2.89. The van der Waals surface area contributed by atoms with Gasteiger partial charge in [-0.15, -0.1) is 0 Å². The lowest BCUT2D eigenvalue weighted by Gasteiger charge is -2.06. The highest BCUT2D eigenvalue weighted by Crippen LogP contribution is 2.07. The maximum atomic E-state index is 11.7. The first-order valence-electron chi connectivity index (χ1n) is 5.43. The fourth-order valence-electron chi connectivity index (χ4n) is 1.41. The van der Waals surface area contributed by atoms with Crippen molar-refractivity contribution in [3.8, 4) is 0 Å². The van der Waals surface area contributed by atoms with E-state index in [9.17, 15) is 13.2 Å². The third kappa shape index (κ3) is 4.70. The summed E-state index contributed by atoms with van der Waals surface area (Å²) >= 11 is 0. The summed E-state index contributed by atoms with van der Waals surface area (Å²) in [6, 6.07) is 6.84. The van der Waals surface area contributed by atoms with Crippen LogP contribution < -0.4 is 0 Å². The largest absolute Gasteiger partial charge is 0.468 e. The van der Waals surface area contributed by atoms with Crippen molar-refractivity contribution >= 4 is 21.5 Å². The molecule has 0 bridgehead atoms. The lowest BCUT2D eigenvalue weighted by molar-refractivity contribution is -0.137. The minimum absolute atomic E-state index is 0.0103. The minimum Gasteiger partial charge on any atom is -0.468 e. The van der Waals surface area contributed by atoms with Gasteiger partial charge in [-0.2, -0.15) is 0 Å². The van der Waals surface area contributed by atoms with Gasteiger partial charge in [0.25, 0.3) is 0 Å². The number of oxime groups is 1. The fourth-order valence-corrected chi connectivity index (χ4v) is 2.63. The van der Waals surface area contributed by atoms with E-state index in [2.05, 4.69) is 9.89 Å². The number of methoxy groups -OCH3 is 1. The molecular formula is C12H15NO5S. The van der Waals surface area contributed by atoms with Crippen LogP contribution in [0.4, 0.5) is 0 Å². The van der Waals surface area contributed by atoms with Crippen LogP contribution in [-0.4, -0.2) is 43.9 Å². The summed E-state index contributed by atoms with van der Waals surface area (Å²) in [5, 5.41) is 11.9. The predicted molar refractivity (Wildman–Crippen MR) is 70.2 cm³/mol. The molecule has 0 aromatic heterocycles. The van der Waals surface area contributed by atoms with Crippen LogP contribution in [0.5, 0.6) is 0 Å². The third-order valence-electron chi connectivity index (χ3n) is 2.43. The first-order valence-corrected chi connectivity index (χ1v) is 7.25. The Kier molecular flexibility index (Phi) is 5.05. The van der Waals surface area contributed by atoms with Gasteiger partial charge in [0.15, 0.2) is 9.84 Å². The Labute approximate surface area is 111 Å². The van der Waals surface area contributed by atoms with Gasteiger partial charge in [0.1, 0.15) is 11.5 Å². The zero-order valence-electron chi connectivity index (χ0n) is 10.7. The topological polar surface area (TPSA) is 93.0 Å². The normalized spacial score (nSPS) is 12.2. The van der Waals surface area contributed by atoms with E-state index < -0.39 is 27.3 Å². The van der Waals surface area contributed by atoms with Crippen molar-refractivity contribution in [1.82, 2.24) is 0 Å². The lowest BCUT2D eigenvalue weighted by atomic mass is 10.1. The molecule has 6 nitrogen and oxygen atoms in total. The van der Waals surface area contributed by atoms with E-state index >= 15 is 0 Å². The molecule has 0 radical (unpaired) electrons. The molecule has 0 aliphatic carbocycles. The van der Waals surface area contributed by atoms with Crippen LogP contribution in [0.25, 0.3) is 0 Å². The number of hydrogen-bond donors (Lipinski definition) is 1. The Morgan fingerprint density at radius 2 is 1.84 bits per heavy atom. The summed E-state index contributed by atoms with van der Waals surface area (Å²) < 4.78 is 27.7. The van der Waals surface area contributed by atoms with E-state index in [0.717, 1.165) is 12.7 Å². The maximum Gasteiger partial charge on any atom is 0.320 e. The summed E-state index contributed by atoms with van der Waals surface area (Å²) in [6.45, 7) is 1.88. The van der Waals surface area contributed by atoms with E-state index in [0.29, 0.717) is 5.56 Å². The zero-order valence-corrected chi connectivity index (χ0v) is 11.5. The van der Waals surface area contributed by atoms with E-state index in [-0.39, 0.29) is 5.71 Å². The second-order valence-electron chi connectivity index (χ2n) is 4.02. The molecule has 7 heteroatoms. The Bertz CT molecular complexity index is 575. The number of ether oxygens (including phenoxy) is 1. The molecule has 0 amide bonds. The number of rotatable bonds is 5. The van der Waals surface area contributed by atoms with Crippen molar-refractivity contribution in [3.05, 3.63) is 35.4 Å². The molecule has 104 valence electrons. The van der Waals surface area contributed by atoms with Crippen molar-refractivity contribution in [2.45, 2.75) is 6.92 Å². The Morgan fingerprint density at radius 3 is 2.32 bits per heavy atom. The van der Waals surface area contributed by atoms with Crippen molar-refractivity contribution in [1.29, 1.82) is 0 Å². The molecule has 1 rings (SSSR count). The van der Waals surface area contributed by atoms with E-state index in [1.165, 1.54) is 0 Å². The van der Waals surface area contributed by atoms with Gasteiger partial charge in [0.05, 0.1) is 12.9 Å². The summed E-state index contributed by atoms with van der Waals surface area (Å²) in [4.78, 5) is 11.0. The number of hydrogen-bond acceptors (Lipinski definition) is 6. The number of carbonyl (C=O) groups excluding carboxylic acids is 1. The Morgan fingerprint density at radius 1 is 1.26 bits per heavy atom. The molecule has 0 heterocycles. The SMILES string of the molecule is COC(=O)CS(=O)(=O)C/C(=N/O)c1ccc(C)cc1. The van der Waals surface area contributed by atoms with E-state index in [1.807, 2.05) is 6.92 Å². The van der Waals surface area contributed by atoms with Gasteiger partial charge in [0.2, 0.25) is 0 Å². The van der Waals surface area contributed by atoms with E-state index in [1.54, 1.807) is 24.3 Å². The van der Waals surface area contributed by atoms with Crippen molar-refractivity contribution in [3.63, 3.8) is 0 Å². The number of esters is 1. The lowest BCUT2D eigenvalue weighted by Crippen LogP contribution is -2.25. The fraction of sp³-hybridized carbons (Fsp3) is 0.333. The molecule has 0 fully saturated rings. The number of aryl methyl sites for hydroxylation is 1. The smallest absolute Gasteiger partial charge is 0.320 e. The Hall–Kier alpha value is -1.89. The van der Waals surface area contributed by atoms with Crippen LogP contribution in [0, 0.1) is 6.92 Å². The van der Waals surface area contributed by atoms with Crippen LogP contribution in [0.15, 0.2) is 29.4 Å². The average Bonchev–Trinajstić information content (AvgIpc) is 2.36. The summed E-state index contributed by atoms with van der Waals surface area (Å²) in [5.74, 6) is -2.11. The monoisotopic (exact) mass is 285 g/mol. The molecule has 19 heavy (non-hydrogen) atoms.